The van der Waals surface area contributed by atoms with Crippen molar-refractivity contribution in [3.8, 4) is 5.88 Å². The number of nitrogens with one attached hydrogen (secondary N) is 2. The molecule has 3 aliphatic carbocycles. The van der Waals surface area contributed by atoms with Crippen molar-refractivity contribution in [3.63, 3.8) is 0 Å². The molecule has 2 aromatic heterocycles. The SMILES string of the molecule is COc1ncccc1C(=O)N[C@H]1[C@@H](C(=O)N[C@H](C)C2(C)CC2)[C@H]2CC[C@@H]1/C2=C\c1csc(C)n1. The molecule has 0 unspecified atom stereocenters. The van der Waals surface area contributed by atoms with Gasteiger partial charge in [0.1, 0.15) is 5.56 Å². The summed E-state index contributed by atoms with van der Waals surface area (Å²) >= 11 is 1.62. The van der Waals surface area contributed by atoms with E-state index < -0.39 is 0 Å². The fourth-order valence-electron chi connectivity index (χ4n) is 5.68. The lowest BCUT2D eigenvalue weighted by molar-refractivity contribution is -0.128. The monoisotopic (exact) mass is 480 g/mol. The van der Waals surface area contributed by atoms with E-state index in [1.54, 1.807) is 29.7 Å². The highest BCUT2D eigenvalue weighted by atomic mass is 32.1. The molecule has 2 heterocycles. The number of methoxy groups -OCH3 is 1. The van der Waals surface area contributed by atoms with Gasteiger partial charge in [0.15, 0.2) is 0 Å². The second kappa shape index (κ2) is 8.80. The van der Waals surface area contributed by atoms with Crippen LogP contribution in [-0.4, -0.2) is 41.0 Å². The molecule has 0 saturated heterocycles. The second-order valence-corrected chi connectivity index (χ2v) is 11.3. The first-order valence-electron chi connectivity index (χ1n) is 12.0. The molecule has 0 aliphatic heterocycles. The molecule has 3 fully saturated rings. The van der Waals surface area contributed by atoms with Crippen molar-refractivity contribution >= 4 is 29.2 Å². The molecule has 5 atom stereocenters. The molecule has 180 valence electrons. The molecule has 2 aromatic rings. The van der Waals surface area contributed by atoms with Gasteiger partial charge in [0.2, 0.25) is 11.8 Å². The molecule has 5 rings (SSSR count). The van der Waals surface area contributed by atoms with Crippen molar-refractivity contribution in [1.82, 2.24) is 20.6 Å². The third-order valence-electron chi connectivity index (χ3n) is 8.10. The van der Waals surface area contributed by atoms with Crippen molar-refractivity contribution in [2.45, 2.75) is 58.5 Å². The van der Waals surface area contributed by atoms with Crippen molar-refractivity contribution in [3.05, 3.63) is 45.5 Å². The average molecular weight is 481 g/mol. The van der Waals surface area contributed by atoms with Crippen LogP contribution in [0.15, 0.2) is 29.3 Å². The third kappa shape index (κ3) is 4.13. The van der Waals surface area contributed by atoms with Crippen LogP contribution in [-0.2, 0) is 4.79 Å². The normalized spacial score (nSPS) is 28.5. The fraction of sp³-hybridized carbons (Fsp3) is 0.538. The Hall–Kier alpha value is -2.74. The molecule has 2 N–H and O–H groups in total. The van der Waals surface area contributed by atoms with E-state index in [2.05, 4.69) is 45.9 Å². The van der Waals surface area contributed by atoms with Crippen LogP contribution < -0.4 is 15.4 Å². The maximum absolute atomic E-state index is 13.6. The highest BCUT2D eigenvalue weighted by Crippen LogP contribution is 2.54. The van der Waals surface area contributed by atoms with Gasteiger partial charge in [0.25, 0.3) is 5.91 Å². The molecule has 2 amide bonds. The van der Waals surface area contributed by atoms with Gasteiger partial charge in [-0.2, -0.15) is 0 Å². The quantitative estimate of drug-likeness (QED) is 0.625. The summed E-state index contributed by atoms with van der Waals surface area (Å²) in [5.74, 6) is -0.0224. The van der Waals surface area contributed by atoms with Gasteiger partial charge >= 0.3 is 0 Å². The minimum absolute atomic E-state index is 0.0386. The number of aromatic nitrogens is 2. The Bertz CT molecular complexity index is 1140. The van der Waals surface area contributed by atoms with E-state index >= 15 is 0 Å². The summed E-state index contributed by atoms with van der Waals surface area (Å²) in [5, 5.41) is 9.57. The van der Waals surface area contributed by atoms with Gasteiger partial charge in [-0.3, -0.25) is 9.59 Å². The first kappa shape index (κ1) is 23.0. The van der Waals surface area contributed by atoms with Crippen LogP contribution in [0.1, 0.15) is 60.6 Å². The maximum Gasteiger partial charge on any atom is 0.257 e. The number of fused-ring (bicyclic) bond motifs is 2. The van der Waals surface area contributed by atoms with Gasteiger partial charge < -0.3 is 15.4 Å². The standard InChI is InChI=1S/C26H32N4O3S/c1-14(26(3)9-10-26)28-24(32)21-17-7-8-18(20(17)12-16-13-34-15(2)29-16)22(21)30-23(31)19-6-5-11-27-25(19)33-4/h5-6,11-14,17-18,21-22H,7-10H2,1-4H3,(H,28,32)(H,30,31)/b20-12-/t14-,17+,18-,21+,22-/m1/s1. The van der Waals surface area contributed by atoms with E-state index in [4.69, 9.17) is 4.74 Å². The van der Waals surface area contributed by atoms with E-state index in [0.29, 0.717) is 5.56 Å². The van der Waals surface area contributed by atoms with Crippen LogP contribution in [0.25, 0.3) is 6.08 Å². The van der Waals surface area contributed by atoms with Crippen molar-refractivity contribution in [2.75, 3.05) is 7.11 Å². The maximum atomic E-state index is 13.6. The van der Waals surface area contributed by atoms with Crippen LogP contribution in [0.5, 0.6) is 5.88 Å². The lowest BCUT2D eigenvalue weighted by Crippen LogP contribution is -2.52. The van der Waals surface area contributed by atoms with E-state index in [1.807, 2.05) is 6.92 Å². The number of amides is 2. The lowest BCUT2D eigenvalue weighted by atomic mass is 9.83. The number of rotatable bonds is 7. The Labute approximate surface area is 204 Å². The summed E-state index contributed by atoms with van der Waals surface area (Å²) in [5.41, 5.74) is 2.74. The lowest BCUT2D eigenvalue weighted by Gasteiger charge is -2.32. The Balaban J connectivity index is 1.44. The van der Waals surface area contributed by atoms with E-state index in [0.717, 1.165) is 36.4 Å². The van der Waals surface area contributed by atoms with Crippen LogP contribution in [0.4, 0.5) is 0 Å². The van der Waals surface area contributed by atoms with Gasteiger partial charge in [-0.25, -0.2) is 9.97 Å². The summed E-state index contributed by atoms with van der Waals surface area (Å²) in [6.07, 6.45) is 7.92. The summed E-state index contributed by atoms with van der Waals surface area (Å²) in [7, 11) is 1.50. The molecule has 3 aliphatic rings. The summed E-state index contributed by atoms with van der Waals surface area (Å²) in [4.78, 5) is 35.7. The van der Waals surface area contributed by atoms with Gasteiger partial charge in [-0.15, -0.1) is 11.3 Å². The van der Waals surface area contributed by atoms with Crippen LogP contribution >= 0.6 is 11.3 Å². The van der Waals surface area contributed by atoms with Gasteiger partial charge in [-0.05, 0) is 69.1 Å². The molecule has 2 bridgehead atoms. The minimum Gasteiger partial charge on any atom is -0.480 e. The number of hydrogen-bond donors (Lipinski definition) is 2. The predicted octanol–water partition coefficient (Wildman–Crippen LogP) is 4.00. The molecule has 8 heteroatoms. The zero-order valence-corrected chi connectivity index (χ0v) is 20.9. The molecular weight excluding hydrogens is 448 g/mol. The molecule has 0 spiro atoms. The molecule has 34 heavy (non-hydrogen) atoms. The number of carbonyl (C=O) groups excluding carboxylic acids is 2. The molecule has 0 aromatic carbocycles. The van der Waals surface area contributed by atoms with Gasteiger partial charge in [0, 0.05) is 29.6 Å². The number of hydrogen-bond acceptors (Lipinski definition) is 6. The Morgan fingerprint density at radius 1 is 1.29 bits per heavy atom. The molecule has 7 nitrogen and oxygen atoms in total. The Kier molecular flexibility index (Phi) is 5.96. The number of ether oxygens (including phenoxy) is 1. The number of aryl methyl sites for hydroxylation is 1. The topological polar surface area (TPSA) is 93.2 Å². The first-order valence-corrected chi connectivity index (χ1v) is 12.9. The zero-order chi connectivity index (χ0) is 24.0. The number of pyridine rings is 1. The van der Waals surface area contributed by atoms with Crippen LogP contribution in [0, 0.1) is 30.1 Å². The van der Waals surface area contributed by atoms with Crippen molar-refractivity contribution in [1.29, 1.82) is 0 Å². The highest BCUT2D eigenvalue weighted by molar-refractivity contribution is 7.09. The smallest absolute Gasteiger partial charge is 0.257 e. The molecule has 0 radical (unpaired) electrons. The fourth-order valence-corrected chi connectivity index (χ4v) is 6.25. The van der Waals surface area contributed by atoms with Crippen molar-refractivity contribution in [2.24, 2.45) is 23.2 Å². The second-order valence-electron chi connectivity index (χ2n) is 10.2. The summed E-state index contributed by atoms with van der Waals surface area (Å²) < 4.78 is 5.30. The first-order chi connectivity index (χ1) is 16.3. The zero-order valence-electron chi connectivity index (χ0n) is 20.1. The molecular formula is C26H32N4O3S. The van der Waals surface area contributed by atoms with E-state index in [-0.39, 0.29) is 52.9 Å². The van der Waals surface area contributed by atoms with E-state index in [9.17, 15) is 9.59 Å². The van der Waals surface area contributed by atoms with Crippen LogP contribution in [0.3, 0.4) is 0 Å². The summed E-state index contributed by atoms with van der Waals surface area (Å²) in [6, 6.07) is 3.26. The largest absolute Gasteiger partial charge is 0.480 e. The average Bonchev–Trinajstić information content (AvgIpc) is 3.13. The minimum atomic E-state index is -0.304. The third-order valence-corrected chi connectivity index (χ3v) is 8.89. The Morgan fingerprint density at radius 2 is 2.06 bits per heavy atom. The number of thiazole rings is 1. The predicted molar refractivity (Wildman–Crippen MR) is 132 cm³/mol. The number of nitrogens with zero attached hydrogens (tertiary/aromatic N) is 2. The Morgan fingerprint density at radius 3 is 2.74 bits per heavy atom. The van der Waals surface area contributed by atoms with Gasteiger partial charge in [0.05, 0.1) is 23.7 Å². The highest BCUT2D eigenvalue weighted by Gasteiger charge is 2.55. The number of carbonyl (C=O) groups is 2. The summed E-state index contributed by atoms with van der Waals surface area (Å²) in [6.45, 7) is 6.32. The van der Waals surface area contributed by atoms with E-state index in [1.165, 1.54) is 12.7 Å². The van der Waals surface area contributed by atoms with Crippen molar-refractivity contribution < 1.29 is 14.3 Å². The van der Waals surface area contributed by atoms with Gasteiger partial charge in [-0.1, -0.05) is 12.5 Å². The molecule has 3 saturated carbocycles. The van der Waals surface area contributed by atoms with Crippen LogP contribution in [0.2, 0.25) is 0 Å².